The molecule has 4 nitrogen and oxygen atoms in total. The number of likely N-dealkylation sites (N-methyl/N-ethyl adjacent to an activating group) is 1. The summed E-state index contributed by atoms with van der Waals surface area (Å²) in [5.74, 6) is 1.07. The first-order valence-electron chi connectivity index (χ1n) is 6.83. The normalized spacial score (nSPS) is 13.1. The maximum absolute atomic E-state index is 4.40. The average Bonchev–Trinajstić information content (AvgIpc) is 3.00. The third-order valence-electron chi connectivity index (χ3n) is 3.12. The Kier molecular flexibility index (Phi) is 5.10. The zero-order chi connectivity index (χ0) is 13.7. The van der Waals surface area contributed by atoms with Gasteiger partial charge in [-0.3, -0.25) is 0 Å². The van der Waals surface area contributed by atoms with E-state index >= 15 is 0 Å². The summed E-state index contributed by atoms with van der Waals surface area (Å²) >= 11 is 1.75. The second-order valence-corrected chi connectivity index (χ2v) is 5.79. The molecular formula is C14H22N4S. The number of aromatic nitrogens is 3. The van der Waals surface area contributed by atoms with Crippen LogP contribution < -0.4 is 5.32 Å². The standard InChI is InChI=1S/C14H22N4S/c1-4-15-13(7-12-5-6-19-9-12)8-14-16-10-17-18(14)11(2)3/h5-6,9-11,13,15H,4,7-8H2,1-3H3. The fraction of sp³-hybridized carbons (Fsp3) is 0.571. The molecule has 0 fully saturated rings. The van der Waals surface area contributed by atoms with Crippen molar-refractivity contribution < 1.29 is 0 Å². The van der Waals surface area contributed by atoms with E-state index in [4.69, 9.17) is 0 Å². The molecule has 2 rings (SSSR count). The highest BCUT2D eigenvalue weighted by atomic mass is 32.1. The monoisotopic (exact) mass is 278 g/mol. The highest BCUT2D eigenvalue weighted by Gasteiger charge is 2.15. The van der Waals surface area contributed by atoms with Crippen molar-refractivity contribution in [2.75, 3.05) is 6.54 Å². The molecule has 0 spiro atoms. The molecule has 1 unspecified atom stereocenters. The van der Waals surface area contributed by atoms with E-state index in [1.54, 1.807) is 17.7 Å². The molecule has 5 heteroatoms. The van der Waals surface area contributed by atoms with E-state index in [9.17, 15) is 0 Å². The van der Waals surface area contributed by atoms with Gasteiger partial charge in [0.1, 0.15) is 12.2 Å². The van der Waals surface area contributed by atoms with Gasteiger partial charge in [-0.05, 0) is 49.2 Å². The lowest BCUT2D eigenvalue weighted by atomic mass is 10.1. The lowest BCUT2D eigenvalue weighted by Crippen LogP contribution is -2.34. The Morgan fingerprint density at radius 1 is 1.37 bits per heavy atom. The minimum atomic E-state index is 0.362. The van der Waals surface area contributed by atoms with Gasteiger partial charge in [-0.25, -0.2) is 9.67 Å². The number of thiophene rings is 1. The Labute approximate surface area is 118 Å². The van der Waals surface area contributed by atoms with Crippen LogP contribution in [0, 0.1) is 0 Å². The number of hydrogen-bond acceptors (Lipinski definition) is 4. The van der Waals surface area contributed by atoms with Gasteiger partial charge >= 0.3 is 0 Å². The predicted molar refractivity (Wildman–Crippen MR) is 79.6 cm³/mol. The highest BCUT2D eigenvalue weighted by Crippen LogP contribution is 2.13. The summed E-state index contributed by atoms with van der Waals surface area (Å²) in [6, 6.07) is 2.98. The van der Waals surface area contributed by atoms with E-state index < -0.39 is 0 Å². The lowest BCUT2D eigenvalue weighted by Gasteiger charge is -2.18. The molecule has 0 saturated heterocycles. The molecule has 0 aliphatic rings. The fourth-order valence-corrected chi connectivity index (χ4v) is 2.95. The lowest BCUT2D eigenvalue weighted by molar-refractivity contribution is 0.459. The van der Waals surface area contributed by atoms with Gasteiger partial charge in [0.05, 0.1) is 0 Å². The van der Waals surface area contributed by atoms with Gasteiger partial charge in [0.25, 0.3) is 0 Å². The Hall–Kier alpha value is -1.20. The highest BCUT2D eigenvalue weighted by molar-refractivity contribution is 7.07. The topological polar surface area (TPSA) is 42.7 Å². The van der Waals surface area contributed by atoms with Gasteiger partial charge in [-0.1, -0.05) is 6.92 Å². The van der Waals surface area contributed by atoms with Crippen LogP contribution in [0.5, 0.6) is 0 Å². The van der Waals surface area contributed by atoms with Crippen molar-refractivity contribution in [3.8, 4) is 0 Å². The molecule has 2 heterocycles. The Bertz CT molecular complexity index is 475. The van der Waals surface area contributed by atoms with Gasteiger partial charge in [-0.15, -0.1) is 0 Å². The number of hydrogen-bond donors (Lipinski definition) is 1. The molecule has 0 aromatic carbocycles. The molecule has 0 aliphatic carbocycles. The quantitative estimate of drug-likeness (QED) is 0.847. The van der Waals surface area contributed by atoms with Gasteiger partial charge in [0, 0.05) is 18.5 Å². The first-order valence-corrected chi connectivity index (χ1v) is 7.77. The molecule has 1 N–H and O–H groups in total. The van der Waals surface area contributed by atoms with Crippen LogP contribution in [-0.4, -0.2) is 27.4 Å². The predicted octanol–water partition coefficient (Wildman–Crippen LogP) is 2.68. The molecule has 2 aromatic heterocycles. The molecule has 0 amide bonds. The number of nitrogens with zero attached hydrogens (tertiary/aromatic N) is 3. The summed E-state index contributed by atoms with van der Waals surface area (Å²) in [5, 5.41) is 12.2. The van der Waals surface area contributed by atoms with Crippen LogP contribution in [-0.2, 0) is 12.8 Å². The number of rotatable bonds is 7. The fourth-order valence-electron chi connectivity index (χ4n) is 2.27. The molecule has 1 atom stereocenters. The average molecular weight is 278 g/mol. The second kappa shape index (κ2) is 6.82. The van der Waals surface area contributed by atoms with Gasteiger partial charge in [0.15, 0.2) is 0 Å². The van der Waals surface area contributed by atoms with Crippen molar-refractivity contribution in [3.63, 3.8) is 0 Å². The zero-order valence-electron chi connectivity index (χ0n) is 11.8. The largest absolute Gasteiger partial charge is 0.313 e. The Morgan fingerprint density at radius 2 is 2.21 bits per heavy atom. The molecular weight excluding hydrogens is 256 g/mol. The summed E-state index contributed by atoms with van der Waals surface area (Å²) < 4.78 is 2.01. The van der Waals surface area contributed by atoms with Crippen LogP contribution in [0.2, 0.25) is 0 Å². The second-order valence-electron chi connectivity index (χ2n) is 5.01. The smallest absolute Gasteiger partial charge is 0.138 e. The minimum absolute atomic E-state index is 0.362. The summed E-state index contributed by atoms with van der Waals surface area (Å²) in [4.78, 5) is 4.40. The van der Waals surface area contributed by atoms with Crippen LogP contribution in [0.3, 0.4) is 0 Å². The maximum Gasteiger partial charge on any atom is 0.138 e. The summed E-state index contributed by atoms with van der Waals surface area (Å²) in [6.45, 7) is 7.40. The first-order chi connectivity index (χ1) is 9.20. The van der Waals surface area contributed by atoms with E-state index in [0.717, 1.165) is 25.2 Å². The van der Waals surface area contributed by atoms with Crippen molar-refractivity contribution >= 4 is 11.3 Å². The van der Waals surface area contributed by atoms with Crippen molar-refractivity contribution in [2.45, 2.75) is 45.7 Å². The van der Waals surface area contributed by atoms with E-state index in [1.165, 1.54) is 5.56 Å². The molecule has 0 bridgehead atoms. The van der Waals surface area contributed by atoms with E-state index in [-0.39, 0.29) is 0 Å². The molecule has 0 aliphatic heterocycles. The van der Waals surface area contributed by atoms with E-state index in [0.29, 0.717) is 12.1 Å². The van der Waals surface area contributed by atoms with Crippen LogP contribution in [0.25, 0.3) is 0 Å². The van der Waals surface area contributed by atoms with Crippen molar-refractivity contribution in [3.05, 3.63) is 34.5 Å². The SMILES string of the molecule is CCNC(Cc1ccsc1)Cc1ncnn1C(C)C. The summed E-state index contributed by atoms with van der Waals surface area (Å²) in [6.07, 6.45) is 3.62. The number of nitrogens with one attached hydrogen (secondary N) is 1. The van der Waals surface area contributed by atoms with Crippen molar-refractivity contribution in [1.82, 2.24) is 20.1 Å². The maximum atomic E-state index is 4.40. The Morgan fingerprint density at radius 3 is 2.84 bits per heavy atom. The van der Waals surface area contributed by atoms with Gasteiger partial charge in [-0.2, -0.15) is 16.4 Å². The van der Waals surface area contributed by atoms with Gasteiger partial charge in [0.2, 0.25) is 0 Å². The molecule has 0 saturated carbocycles. The molecule has 19 heavy (non-hydrogen) atoms. The summed E-state index contributed by atoms with van der Waals surface area (Å²) in [5.41, 5.74) is 1.39. The molecule has 0 radical (unpaired) electrons. The van der Waals surface area contributed by atoms with Crippen LogP contribution in [0.15, 0.2) is 23.2 Å². The minimum Gasteiger partial charge on any atom is -0.313 e. The van der Waals surface area contributed by atoms with Crippen LogP contribution in [0.1, 0.15) is 38.2 Å². The third-order valence-corrected chi connectivity index (χ3v) is 3.85. The van der Waals surface area contributed by atoms with E-state index in [2.05, 4.69) is 53.0 Å². The van der Waals surface area contributed by atoms with Crippen LogP contribution >= 0.6 is 11.3 Å². The molecule has 2 aromatic rings. The van der Waals surface area contributed by atoms with Gasteiger partial charge < -0.3 is 5.32 Å². The van der Waals surface area contributed by atoms with Crippen molar-refractivity contribution in [1.29, 1.82) is 0 Å². The van der Waals surface area contributed by atoms with E-state index in [1.807, 2.05) is 4.68 Å². The van der Waals surface area contributed by atoms with Crippen LogP contribution in [0.4, 0.5) is 0 Å². The molecule has 104 valence electrons. The first kappa shape index (κ1) is 14.2. The van der Waals surface area contributed by atoms with Crippen molar-refractivity contribution in [2.24, 2.45) is 0 Å². The summed E-state index contributed by atoms with van der Waals surface area (Å²) in [7, 11) is 0. The Balaban J connectivity index is 2.05. The zero-order valence-corrected chi connectivity index (χ0v) is 12.7. The third kappa shape index (κ3) is 3.88.